The lowest BCUT2D eigenvalue weighted by molar-refractivity contribution is 0.0698. The van der Waals surface area contributed by atoms with Crippen LogP contribution in [0.1, 0.15) is 15.9 Å². The van der Waals surface area contributed by atoms with E-state index in [1.54, 1.807) is 24.3 Å². The molecule has 0 radical (unpaired) electrons. The molecule has 0 spiro atoms. The number of anilines is 1. The molecule has 0 saturated carbocycles. The van der Waals surface area contributed by atoms with Crippen molar-refractivity contribution in [2.24, 2.45) is 0 Å². The Kier molecular flexibility index (Phi) is 4.95. The van der Waals surface area contributed by atoms with E-state index in [1.807, 2.05) is 6.07 Å². The second-order valence-electron chi connectivity index (χ2n) is 4.30. The minimum atomic E-state index is -1.39. The molecule has 2 rings (SSSR count). The molecule has 0 saturated heterocycles. The minimum absolute atomic E-state index is 0.00186. The first kappa shape index (κ1) is 15.8. The number of hydrogen-bond donors (Lipinski definition) is 2. The molecule has 0 aliphatic heterocycles. The van der Waals surface area contributed by atoms with Crippen molar-refractivity contribution in [3.8, 4) is 0 Å². The first-order valence-corrected chi connectivity index (χ1v) is 6.55. The Balaban J connectivity index is 2.10. The van der Waals surface area contributed by atoms with Crippen molar-refractivity contribution in [3.63, 3.8) is 0 Å². The first-order valence-electron chi connectivity index (χ1n) is 6.17. The molecule has 114 valence electrons. The zero-order chi connectivity index (χ0) is 16.1. The van der Waals surface area contributed by atoms with Crippen LogP contribution < -0.4 is 5.32 Å². The maximum absolute atomic E-state index is 13.3. The predicted octanol–water partition coefficient (Wildman–Crippen LogP) is 3.93. The smallest absolute Gasteiger partial charge is 0.411 e. The van der Waals surface area contributed by atoms with Crippen LogP contribution in [0, 0.1) is 5.82 Å². The van der Waals surface area contributed by atoms with Gasteiger partial charge in [-0.05, 0) is 17.7 Å². The van der Waals surface area contributed by atoms with Crippen molar-refractivity contribution in [2.75, 3.05) is 5.32 Å². The third kappa shape index (κ3) is 3.95. The Morgan fingerprint density at radius 3 is 2.55 bits per heavy atom. The monoisotopic (exact) mass is 323 g/mol. The van der Waals surface area contributed by atoms with Gasteiger partial charge in [-0.3, -0.25) is 5.32 Å². The number of carboxylic acid groups (broad SMARTS) is 1. The van der Waals surface area contributed by atoms with Gasteiger partial charge in [-0.25, -0.2) is 14.0 Å². The number of nitrogens with one attached hydrogen (secondary N) is 1. The fraction of sp³-hybridized carbons (Fsp3) is 0.0667. The van der Waals surface area contributed by atoms with Crippen LogP contribution in [-0.2, 0) is 11.3 Å². The van der Waals surface area contributed by atoms with E-state index in [2.05, 4.69) is 5.32 Å². The fourth-order valence-electron chi connectivity index (χ4n) is 1.76. The molecule has 0 aliphatic carbocycles. The first-order chi connectivity index (χ1) is 10.5. The highest BCUT2D eigenvalue weighted by Gasteiger charge is 2.18. The Labute approximate surface area is 130 Å². The molecule has 0 fully saturated rings. The summed E-state index contributed by atoms with van der Waals surface area (Å²) in [6.45, 7) is -0.00186. The highest BCUT2D eigenvalue weighted by Crippen LogP contribution is 2.26. The Bertz CT molecular complexity index is 706. The summed E-state index contributed by atoms with van der Waals surface area (Å²) < 4.78 is 18.2. The molecular formula is C15H11ClFNO4. The van der Waals surface area contributed by atoms with Crippen LogP contribution in [0.5, 0.6) is 0 Å². The molecule has 0 aromatic heterocycles. The maximum Gasteiger partial charge on any atom is 0.411 e. The maximum atomic E-state index is 13.3. The number of carbonyl (C=O) groups excluding carboxylic acids is 1. The molecule has 2 aromatic rings. The van der Waals surface area contributed by atoms with Crippen molar-refractivity contribution < 1.29 is 23.8 Å². The standard InChI is InChI=1S/C15H11ClFNO4/c16-11-6-10(17)7-12(13(11)14(19)20)18-15(21)22-8-9-4-2-1-3-5-9/h1-7H,8H2,(H,18,21)(H,19,20). The largest absolute Gasteiger partial charge is 0.478 e. The second-order valence-corrected chi connectivity index (χ2v) is 4.71. The molecule has 0 atom stereocenters. The Morgan fingerprint density at radius 2 is 1.91 bits per heavy atom. The number of ether oxygens (including phenoxy) is 1. The molecule has 5 nitrogen and oxygen atoms in total. The van der Waals surface area contributed by atoms with Crippen LogP contribution in [0.2, 0.25) is 5.02 Å². The van der Waals surface area contributed by atoms with Gasteiger partial charge in [-0.2, -0.15) is 0 Å². The van der Waals surface area contributed by atoms with E-state index in [9.17, 15) is 14.0 Å². The van der Waals surface area contributed by atoms with Crippen LogP contribution in [0.25, 0.3) is 0 Å². The van der Waals surface area contributed by atoms with Crippen LogP contribution in [0.15, 0.2) is 42.5 Å². The second kappa shape index (κ2) is 6.91. The van der Waals surface area contributed by atoms with E-state index >= 15 is 0 Å². The fourth-order valence-corrected chi connectivity index (χ4v) is 2.05. The summed E-state index contributed by atoms with van der Waals surface area (Å²) in [4.78, 5) is 22.8. The summed E-state index contributed by atoms with van der Waals surface area (Å²) in [7, 11) is 0. The highest BCUT2D eigenvalue weighted by atomic mass is 35.5. The zero-order valence-corrected chi connectivity index (χ0v) is 11.9. The van der Waals surface area contributed by atoms with E-state index < -0.39 is 23.4 Å². The number of aromatic carboxylic acids is 1. The summed E-state index contributed by atoms with van der Waals surface area (Å²) in [5.41, 5.74) is 0.0867. The molecule has 0 bridgehead atoms. The van der Waals surface area contributed by atoms with Crippen molar-refractivity contribution >= 4 is 29.4 Å². The average molecular weight is 324 g/mol. The van der Waals surface area contributed by atoms with Crippen LogP contribution >= 0.6 is 11.6 Å². The quantitative estimate of drug-likeness (QED) is 0.894. The summed E-state index contributed by atoms with van der Waals surface area (Å²) in [5.74, 6) is -2.16. The van der Waals surface area contributed by atoms with Crippen molar-refractivity contribution in [2.45, 2.75) is 6.61 Å². The number of benzene rings is 2. The number of halogens is 2. The summed E-state index contributed by atoms with van der Waals surface area (Å²) >= 11 is 5.67. The van der Waals surface area contributed by atoms with Crippen LogP contribution in [0.4, 0.5) is 14.9 Å². The van der Waals surface area contributed by atoms with Crippen molar-refractivity contribution in [1.29, 1.82) is 0 Å². The Morgan fingerprint density at radius 1 is 1.23 bits per heavy atom. The van der Waals surface area contributed by atoms with Crippen LogP contribution in [0.3, 0.4) is 0 Å². The summed E-state index contributed by atoms with van der Waals surface area (Å²) in [6.07, 6.45) is -0.909. The minimum Gasteiger partial charge on any atom is -0.478 e. The van der Waals surface area contributed by atoms with Gasteiger partial charge < -0.3 is 9.84 Å². The van der Waals surface area contributed by atoms with Gasteiger partial charge in [-0.1, -0.05) is 41.9 Å². The highest BCUT2D eigenvalue weighted by molar-refractivity contribution is 6.34. The normalized spacial score (nSPS) is 10.1. The lowest BCUT2D eigenvalue weighted by atomic mass is 10.1. The number of rotatable bonds is 4. The predicted molar refractivity (Wildman–Crippen MR) is 78.6 cm³/mol. The molecule has 0 unspecified atom stereocenters. The number of hydrogen-bond acceptors (Lipinski definition) is 3. The van der Waals surface area contributed by atoms with Gasteiger partial charge in [0.05, 0.1) is 10.7 Å². The average Bonchev–Trinajstić information content (AvgIpc) is 2.45. The molecule has 0 aliphatic rings. The number of carbonyl (C=O) groups is 2. The van der Waals surface area contributed by atoms with E-state index in [0.29, 0.717) is 0 Å². The lowest BCUT2D eigenvalue weighted by Gasteiger charge is -2.10. The van der Waals surface area contributed by atoms with Gasteiger partial charge in [-0.15, -0.1) is 0 Å². The van der Waals surface area contributed by atoms with Crippen molar-refractivity contribution in [3.05, 3.63) is 64.4 Å². The number of carboxylic acids is 1. The van der Waals surface area contributed by atoms with Gasteiger partial charge in [0.2, 0.25) is 0 Å². The third-order valence-electron chi connectivity index (χ3n) is 2.72. The van der Waals surface area contributed by atoms with Crippen LogP contribution in [-0.4, -0.2) is 17.2 Å². The van der Waals surface area contributed by atoms with E-state index in [4.69, 9.17) is 21.4 Å². The molecule has 2 N–H and O–H groups in total. The molecular weight excluding hydrogens is 313 g/mol. The summed E-state index contributed by atoms with van der Waals surface area (Å²) in [6, 6.07) is 10.6. The van der Waals surface area contributed by atoms with E-state index in [-0.39, 0.29) is 17.3 Å². The molecule has 1 amide bonds. The SMILES string of the molecule is O=C(Nc1cc(F)cc(Cl)c1C(=O)O)OCc1ccccc1. The van der Waals surface area contributed by atoms with E-state index in [1.165, 1.54) is 0 Å². The third-order valence-corrected chi connectivity index (χ3v) is 3.02. The van der Waals surface area contributed by atoms with Gasteiger partial charge in [0.15, 0.2) is 0 Å². The summed E-state index contributed by atoms with van der Waals surface area (Å²) in [5, 5.41) is 10.9. The van der Waals surface area contributed by atoms with Gasteiger partial charge in [0, 0.05) is 0 Å². The topological polar surface area (TPSA) is 75.6 Å². The van der Waals surface area contributed by atoms with Crippen molar-refractivity contribution in [1.82, 2.24) is 0 Å². The number of amides is 1. The lowest BCUT2D eigenvalue weighted by Crippen LogP contribution is -2.16. The molecule has 22 heavy (non-hydrogen) atoms. The van der Waals surface area contributed by atoms with Gasteiger partial charge in [0.25, 0.3) is 0 Å². The van der Waals surface area contributed by atoms with E-state index in [0.717, 1.165) is 17.7 Å². The zero-order valence-electron chi connectivity index (χ0n) is 11.2. The molecule has 7 heteroatoms. The van der Waals surface area contributed by atoms with Gasteiger partial charge >= 0.3 is 12.1 Å². The Hall–Kier alpha value is -2.60. The van der Waals surface area contributed by atoms with Gasteiger partial charge in [0.1, 0.15) is 18.0 Å². The molecule has 0 heterocycles. The molecule has 2 aromatic carbocycles.